The monoisotopic (exact) mass is 310 g/mol. The van der Waals surface area contributed by atoms with Gasteiger partial charge in [0.25, 0.3) is 0 Å². The summed E-state index contributed by atoms with van der Waals surface area (Å²) >= 11 is 0. The predicted octanol–water partition coefficient (Wildman–Crippen LogP) is 1.90. The van der Waals surface area contributed by atoms with Gasteiger partial charge in [-0.1, -0.05) is 23.4 Å². The number of benzene rings is 2. The van der Waals surface area contributed by atoms with Crippen LogP contribution in [0.1, 0.15) is 27.7 Å². The zero-order valence-electron chi connectivity index (χ0n) is 11.6. The number of hydrogen-bond donors (Lipinski definition) is 2. The quantitative estimate of drug-likeness (QED) is 0.760. The van der Waals surface area contributed by atoms with Gasteiger partial charge in [0.1, 0.15) is 11.0 Å². The zero-order valence-corrected chi connectivity index (χ0v) is 11.6. The van der Waals surface area contributed by atoms with Crippen LogP contribution < -0.4 is 5.32 Å². The molecule has 114 valence electrons. The Kier molecular flexibility index (Phi) is 2.94. The van der Waals surface area contributed by atoms with Gasteiger partial charge in [0.05, 0.1) is 5.56 Å². The summed E-state index contributed by atoms with van der Waals surface area (Å²) in [5, 5.41) is 23.7. The Morgan fingerprint density at radius 3 is 2.87 bits per heavy atom. The molecular weight excluding hydrogens is 300 g/mol. The summed E-state index contributed by atoms with van der Waals surface area (Å²) in [5.74, 6) is -0.525. The maximum absolute atomic E-state index is 11.0. The number of aromatic nitrogens is 2. The molecule has 0 spiro atoms. The molecule has 4 rings (SSSR count). The van der Waals surface area contributed by atoms with Crippen molar-refractivity contribution in [1.29, 1.82) is 0 Å². The van der Waals surface area contributed by atoms with Crippen molar-refractivity contribution in [3.05, 3.63) is 59.2 Å². The molecule has 1 unspecified atom stereocenters. The molecule has 2 aromatic carbocycles. The number of nitrogens with zero attached hydrogens (tertiary/aromatic N) is 3. The number of oxime groups is 1. The summed E-state index contributed by atoms with van der Waals surface area (Å²) in [4.78, 5) is 16.4. The Labute approximate surface area is 129 Å². The molecule has 8 heteroatoms. The fraction of sp³-hybridized carbons (Fsp3) is 0.0667. The molecule has 0 amide bonds. The topological polar surface area (TPSA) is 110 Å². The van der Waals surface area contributed by atoms with E-state index in [0.717, 1.165) is 5.56 Å². The molecular formula is C15H10N4O4. The van der Waals surface area contributed by atoms with Crippen LogP contribution in [0.2, 0.25) is 0 Å². The van der Waals surface area contributed by atoms with Crippen molar-refractivity contribution in [3.63, 3.8) is 0 Å². The van der Waals surface area contributed by atoms with Crippen LogP contribution in [0.25, 0.3) is 11.0 Å². The standard InChI is InChI=1S/C15H10N4O4/c20-15(21)10-3-1-2-8(6-10)13-16-14(22-19-13)9-4-5-11-12(7-9)18-23-17-11/h1-7,14H,(H,16,19)(H,20,21). The van der Waals surface area contributed by atoms with E-state index in [2.05, 4.69) is 25.4 Å². The lowest BCUT2D eigenvalue weighted by atomic mass is 10.1. The van der Waals surface area contributed by atoms with Crippen molar-refractivity contribution >= 4 is 22.8 Å². The lowest BCUT2D eigenvalue weighted by Crippen LogP contribution is -2.23. The number of rotatable bonds is 3. The average molecular weight is 310 g/mol. The minimum Gasteiger partial charge on any atom is -0.478 e. The summed E-state index contributed by atoms with van der Waals surface area (Å²) in [7, 11) is 0. The zero-order chi connectivity index (χ0) is 15.8. The maximum atomic E-state index is 11.0. The van der Waals surface area contributed by atoms with Crippen LogP contribution >= 0.6 is 0 Å². The average Bonchev–Trinajstić information content (AvgIpc) is 3.23. The fourth-order valence-corrected chi connectivity index (χ4v) is 2.32. The highest BCUT2D eigenvalue weighted by Crippen LogP contribution is 2.23. The number of carbonyl (C=O) groups is 1. The van der Waals surface area contributed by atoms with Gasteiger partial charge in [-0.25, -0.2) is 9.42 Å². The third-order valence-electron chi connectivity index (χ3n) is 3.48. The van der Waals surface area contributed by atoms with Crippen LogP contribution in [0.15, 0.2) is 52.2 Å². The van der Waals surface area contributed by atoms with Crippen LogP contribution in [0.3, 0.4) is 0 Å². The third-order valence-corrected chi connectivity index (χ3v) is 3.48. The molecule has 1 atom stereocenters. The molecule has 2 N–H and O–H groups in total. The van der Waals surface area contributed by atoms with Crippen LogP contribution in [0.5, 0.6) is 0 Å². The summed E-state index contributed by atoms with van der Waals surface area (Å²) in [6, 6.07) is 11.9. The number of aromatic carboxylic acids is 1. The Morgan fingerprint density at radius 1 is 1.13 bits per heavy atom. The Hall–Kier alpha value is -3.42. The molecule has 0 bridgehead atoms. The Balaban J connectivity index is 1.58. The van der Waals surface area contributed by atoms with Gasteiger partial charge in [-0.15, -0.1) is 0 Å². The van der Waals surface area contributed by atoms with Crippen LogP contribution in [0, 0.1) is 0 Å². The normalized spacial score (nSPS) is 16.7. The molecule has 1 aliphatic heterocycles. The first-order valence-electron chi connectivity index (χ1n) is 6.77. The van der Waals surface area contributed by atoms with E-state index < -0.39 is 12.2 Å². The van der Waals surface area contributed by atoms with Gasteiger partial charge in [0.2, 0.25) is 6.23 Å². The minimum absolute atomic E-state index is 0.186. The van der Waals surface area contributed by atoms with E-state index in [-0.39, 0.29) is 5.56 Å². The van der Waals surface area contributed by atoms with Crippen molar-refractivity contribution in [2.24, 2.45) is 5.16 Å². The van der Waals surface area contributed by atoms with Crippen molar-refractivity contribution in [1.82, 2.24) is 15.6 Å². The Bertz CT molecular complexity index is 934. The van der Waals surface area contributed by atoms with E-state index in [1.54, 1.807) is 24.3 Å². The van der Waals surface area contributed by atoms with Gasteiger partial charge in [0, 0.05) is 11.1 Å². The van der Waals surface area contributed by atoms with Crippen molar-refractivity contribution in [3.8, 4) is 0 Å². The van der Waals surface area contributed by atoms with Crippen LogP contribution in [0.4, 0.5) is 0 Å². The summed E-state index contributed by atoms with van der Waals surface area (Å²) in [5.41, 5.74) is 2.90. The third kappa shape index (κ3) is 2.35. The number of amidine groups is 1. The molecule has 0 saturated carbocycles. The summed E-state index contributed by atoms with van der Waals surface area (Å²) in [6.07, 6.45) is -0.486. The fourth-order valence-electron chi connectivity index (χ4n) is 2.32. The van der Waals surface area contributed by atoms with Crippen LogP contribution in [-0.2, 0) is 4.84 Å². The second-order valence-electron chi connectivity index (χ2n) is 4.97. The summed E-state index contributed by atoms with van der Waals surface area (Å²) in [6.45, 7) is 0. The molecule has 23 heavy (non-hydrogen) atoms. The lowest BCUT2D eigenvalue weighted by Gasteiger charge is -2.10. The number of hydrogen-bond acceptors (Lipinski definition) is 7. The molecule has 1 aliphatic rings. The molecule has 2 heterocycles. The molecule has 0 saturated heterocycles. The second-order valence-corrected chi connectivity index (χ2v) is 4.97. The van der Waals surface area contributed by atoms with E-state index in [1.165, 1.54) is 12.1 Å². The summed E-state index contributed by atoms with van der Waals surface area (Å²) < 4.78 is 4.66. The van der Waals surface area contributed by atoms with E-state index in [9.17, 15) is 4.79 Å². The van der Waals surface area contributed by atoms with Gasteiger partial charge in [-0.2, -0.15) is 0 Å². The van der Waals surface area contributed by atoms with Crippen molar-refractivity contribution < 1.29 is 19.4 Å². The largest absolute Gasteiger partial charge is 0.478 e. The lowest BCUT2D eigenvalue weighted by molar-refractivity contribution is 0.0696. The predicted molar refractivity (Wildman–Crippen MR) is 78.7 cm³/mol. The highest BCUT2D eigenvalue weighted by atomic mass is 16.7. The highest BCUT2D eigenvalue weighted by molar-refractivity contribution is 6.01. The molecule has 0 fully saturated rings. The maximum Gasteiger partial charge on any atom is 0.335 e. The first-order chi connectivity index (χ1) is 11.2. The van der Waals surface area contributed by atoms with Crippen LogP contribution in [-0.4, -0.2) is 27.2 Å². The molecule has 8 nitrogen and oxygen atoms in total. The first-order valence-corrected chi connectivity index (χ1v) is 6.77. The van der Waals surface area contributed by atoms with Crippen molar-refractivity contribution in [2.45, 2.75) is 6.23 Å². The smallest absolute Gasteiger partial charge is 0.335 e. The molecule has 1 aromatic heterocycles. The van der Waals surface area contributed by atoms with Gasteiger partial charge < -0.3 is 15.3 Å². The van der Waals surface area contributed by atoms with E-state index in [4.69, 9.17) is 9.94 Å². The molecule has 3 aromatic rings. The van der Waals surface area contributed by atoms with E-state index in [0.29, 0.717) is 22.4 Å². The first kappa shape index (κ1) is 13.3. The molecule has 0 radical (unpaired) electrons. The highest BCUT2D eigenvalue weighted by Gasteiger charge is 2.23. The number of fused-ring (bicyclic) bond motifs is 1. The van der Waals surface area contributed by atoms with Gasteiger partial charge >= 0.3 is 5.97 Å². The number of nitrogens with one attached hydrogen (secondary N) is 1. The number of carboxylic acid groups (broad SMARTS) is 1. The van der Waals surface area contributed by atoms with Gasteiger partial charge in [-0.05, 0) is 34.6 Å². The molecule has 0 aliphatic carbocycles. The van der Waals surface area contributed by atoms with Gasteiger partial charge in [-0.3, -0.25) is 0 Å². The van der Waals surface area contributed by atoms with Crippen molar-refractivity contribution in [2.75, 3.05) is 0 Å². The van der Waals surface area contributed by atoms with Gasteiger partial charge in [0.15, 0.2) is 5.84 Å². The van der Waals surface area contributed by atoms with E-state index in [1.807, 2.05) is 6.07 Å². The Morgan fingerprint density at radius 2 is 2.00 bits per heavy atom. The second kappa shape index (κ2) is 5.09. The van der Waals surface area contributed by atoms with E-state index >= 15 is 0 Å². The number of carboxylic acids is 1. The SMILES string of the molecule is O=C(O)c1cccc(C2=NOC(c3ccc4nonc4c3)N2)c1. The minimum atomic E-state index is -0.994.